The first-order valence-corrected chi connectivity index (χ1v) is 13.5. The molecule has 0 bridgehead atoms. The van der Waals surface area contributed by atoms with Gasteiger partial charge in [0.05, 0.1) is 5.69 Å². The van der Waals surface area contributed by atoms with E-state index in [9.17, 15) is 18.0 Å². The SMILES string of the molecule is CC(C)c1ccccc1CC(=S)CC(=O)CCCc1cccc(-c2ncn(-c3ccc(OC(F)(F)F)cc3)n2)c1. The van der Waals surface area contributed by atoms with Crippen molar-refractivity contribution < 1.29 is 22.7 Å². The topological polar surface area (TPSA) is 57.0 Å². The van der Waals surface area contributed by atoms with Crippen molar-refractivity contribution in [3.05, 3.63) is 95.8 Å². The van der Waals surface area contributed by atoms with Crippen LogP contribution < -0.4 is 4.74 Å². The molecule has 0 aliphatic carbocycles. The van der Waals surface area contributed by atoms with Crippen LogP contribution in [-0.4, -0.2) is 31.8 Å². The Balaban J connectivity index is 1.29. The van der Waals surface area contributed by atoms with Gasteiger partial charge in [0.1, 0.15) is 17.9 Å². The Morgan fingerprint density at radius 3 is 2.50 bits per heavy atom. The number of thiocarbonyl (C=S) groups is 1. The summed E-state index contributed by atoms with van der Waals surface area (Å²) < 4.78 is 42.6. The highest BCUT2D eigenvalue weighted by atomic mass is 32.1. The van der Waals surface area contributed by atoms with Gasteiger partial charge in [-0.15, -0.1) is 18.3 Å². The number of Topliss-reactive ketones (excluding diaryl/α,β-unsaturated/α-hetero) is 1. The van der Waals surface area contributed by atoms with Crippen LogP contribution in [0.15, 0.2) is 79.1 Å². The zero-order chi connectivity index (χ0) is 28.7. The normalized spacial score (nSPS) is 11.6. The molecule has 0 atom stereocenters. The van der Waals surface area contributed by atoms with E-state index in [1.807, 2.05) is 36.4 Å². The molecule has 0 amide bonds. The number of alkyl halides is 3. The number of hydrogen-bond acceptors (Lipinski definition) is 5. The molecule has 40 heavy (non-hydrogen) atoms. The molecular weight excluding hydrogens is 535 g/mol. The molecule has 4 rings (SSSR count). The monoisotopic (exact) mass is 565 g/mol. The fourth-order valence-electron chi connectivity index (χ4n) is 4.52. The molecule has 1 heterocycles. The van der Waals surface area contributed by atoms with Crippen molar-refractivity contribution in [2.24, 2.45) is 0 Å². The maximum Gasteiger partial charge on any atom is 0.573 e. The van der Waals surface area contributed by atoms with E-state index in [-0.39, 0.29) is 11.5 Å². The molecule has 0 unspecified atom stereocenters. The van der Waals surface area contributed by atoms with Crippen molar-refractivity contribution in [2.45, 2.75) is 58.2 Å². The van der Waals surface area contributed by atoms with Crippen molar-refractivity contribution in [1.29, 1.82) is 0 Å². The van der Waals surface area contributed by atoms with Gasteiger partial charge in [-0.05, 0) is 65.8 Å². The largest absolute Gasteiger partial charge is 0.573 e. The van der Waals surface area contributed by atoms with Gasteiger partial charge in [0, 0.05) is 29.7 Å². The molecule has 0 fully saturated rings. The quantitative estimate of drug-likeness (QED) is 0.164. The molecule has 0 aliphatic rings. The third kappa shape index (κ3) is 8.32. The summed E-state index contributed by atoms with van der Waals surface area (Å²) in [6.45, 7) is 4.31. The molecule has 208 valence electrons. The highest BCUT2D eigenvalue weighted by Gasteiger charge is 2.31. The van der Waals surface area contributed by atoms with Crippen molar-refractivity contribution in [2.75, 3.05) is 0 Å². The molecule has 4 aromatic rings. The Morgan fingerprint density at radius 2 is 1.77 bits per heavy atom. The molecule has 0 radical (unpaired) electrons. The summed E-state index contributed by atoms with van der Waals surface area (Å²) in [5, 5.41) is 4.46. The van der Waals surface area contributed by atoms with Gasteiger partial charge in [0.25, 0.3) is 0 Å². The molecule has 0 aliphatic heterocycles. The second-order valence-electron chi connectivity index (χ2n) is 9.89. The van der Waals surface area contributed by atoms with Crippen LogP contribution in [0.25, 0.3) is 17.1 Å². The zero-order valence-electron chi connectivity index (χ0n) is 22.3. The first-order valence-electron chi connectivity index (χ1n) is 13.1. The van der Waals surface area contributed by atoms with E-state index in [2.05, 4.69) is 40.8 Å². The molecule has 9 heteroatoms. The molecule has 3 aromatic carbocycles. The fraction of sp³-hybridized carbons (Fsp3) is 0.290. The Morgan fingerprint density at radius 1 is 1.02 bits per heavy atom. The van der Waals surface area contributed by atoms with Gasteiger partial charge in [-0.2, -0.15) is 0 Å². The standard InChI is InChI=1S/C31H30F3N3O2S/c1-21(2)29-12-4-3-9-23(29)18-28(40)19-26(38)11-6-8-22-7-5-10-24(17-22)30-35-20-37(36-30)25-13-15-27(16-14-25)39-31(32,33)34/h3-5,7,9-10,12-17,20-21H,6,8,11,18-19H2,1-2H3. The van der Waals surface area contributed by atoms with Crippen LogP contribution in [0.5, 0.6) is 5.75 Å². The summed E-state index contributed by atoms with van der Waals surface area (Å²) in [6, 6.07) is 21.4. The Kier molecular flexibility index (Phi) is 9.47. The van der Waals surface area contributed by atoms with Crippen molar-refractivity contribution in [3.63, 3.8) is 0 Å². The Labute approximate surface area is 237 Å². The van der Waals surface area contributed by atoms with Gasteiger partial charge in [-0.3, -0.25) is 4.79 Å². The number of nitrogens with zero attached hydrogens (tertiary/aromatic N) is 3. The molecular formula is C31H30F3N3O2S. The lowest BCUT2D eigenvalue weighted by atomic mass is 9.93. The summed E-state index contributed by atoms with van der Waals surface area (Å²) in [7, 11) is 0. The molecule has 0 N–H and O–H groups in total. The van der Waals surface area contributed by atoms with E-state index in [4.69, 9.17) is 12.2 Å². The minimum atomic E-state index is -4.74. The smallest absolute Gasteiger partial charge is 0.406 e. The molecule has 0 saturated carbocycles. The minimum absolute atomic E-state index is 0.148. The summed E-state index contributed by atoms with van der Waals surface area (Å²) in [4.78, 5) is 17.7. The van der Waals surface area contributed by atoms with Crippen LogP contribution in [0.2, 0.25) is 0 Å². The van der Waals surface area contributed by atoms with E-state index >= 15 is 0 Å². The van der Waals surface area contributed by atoms with Crippen LogP contribution >= 0.6 is 12.2 Å². The summed E-state index contributed by atoms with van der Waals surface area (Å²) in [5.41, 5.74) is 4.88. The lowest BCUT2D eigenvalue weighted by Gasteiger charge is -2.13. The van der Waals surface area contributed by atoms with Crippen LogP contribution in [-0.2, 0) is 17.6 Å². The van der Waals surface area contributed by atoms with Crippen LogP contribution in [0, 0.1) is 0 Å². The number of hydrogen-bond donors (Lipinski definition) is 0. The van der Waals surface area contributed by atoms with Gasteiger partial charge in [0.15, 0.2) is 5.82 Å². The van der Waals surface area contributed by atoms with Crippen LogP contribution in [0.4, 0.5) is 13.2 Å². The van der Waals surface area contributed by atoms with Crippen LogP contribution in [0.3, 0.4) is 0 Å². The Bertz CT molecular complexity index is 1460. The number of halogens is 3. The van der Waals surface area contributed by atoms with E-state index in [1.54, 1.807) is 0 Å². The van der Waals surface area contributed by atoms with Gasteiger partial charge in [-0.25, -0.2) is 9.67 Å². The van der Waals surface area contributed by atoms with Gasteiger partial charge in [0.2, 0.25) is 0 Å². The number of rotatable bonds is 12. The maximum absolute atomic E-state index is 12.6. The van der Waals surface area contributed by atoms with Crippen molar-refractivity contribution >= 4 is 22.9 Å². The number of aryl methyl sites for hydroxylation is 1. The molecule has 0 saturated heterocycles. The second kappa shape index (κ2) is 13.0. The predicted octanol–water partition coefficient (Wildman–Crippen LogP) is 7.85. The highest BCUT2D eigenvalue weighted by Crippen LogP contribution is 2.25. The van der Waals surface area contributed by atoms with Gasteiger partial charge in [-0.1, -0.05) is 68.5 Å². The van der Waals surface area contributed by atoms with Crippen LogP contribution in [0.1, 0.15) is 55.7 Å². The van der Waals surface area contributed by atoms with E-state index in [0.717, 1.165) is 22.4 Å². The van der Waals surface area contributed by atoms with Gasteiger partial charge >= 0.3 is 6.36 Å². The highest BCUT2D eigenvalue weighted by molar-refractivity contribution is 7.80. The number of benzene rings is 3. The summed E-state index contributed by atoms with van der Waals surface area (Å²) in [6.07, 6.45) is -0.395. The Hall–Kier alpha value is -3.85. The summed E-state index contributed by atoms with van der Waals surface area (Å²) in [5.74, 6) is 0.736. The van der Waals surface area contributed by atoms with E-state index < -0.39 is 6.36 Å². The molecule has 0 spiro atoms. The second-order valence-corrected chi connectivity index (χ2v) is 10.5. The third-order valence-electron chi connectivity index (χ3n) is 6.39. The lowest BCUT2D eigenvalue weighted by molar-refractivity contribution is -0.274. The minimum Gasteiger partial charge on any atom is -0.406 e. The first kappa shape index (κ1) is 29.1. The number of carbonyl (C=O) groups is 1. The molecule has 1 aromatic heterocycles. The maximum atomic E-state index is 12.6. The average Bonchev–Trinajstić information content (AvgIpc) is 3.39. The van der Waals surface area contributed by atoms with Gasteiger partial charge < -0.3 is 4.74 Å². The number of ether oxygens (including phenoxy) is 1. The zero-order valence-corrected chi connectivity index (χ0v) is 23.1. The van der Waals surface area contributed by atoms with E-state index in [1.165, 1.54) is 46.4 Å². The van der Waals surface area contributed by atoms with Crippen molar-refractivity contribution in [1.82, 2.24) is 14.8 Å². The number of carbonyl (C=O) groups excluding carboxylic acids is 1. The third-order valence-corrected chi connectivity index (χ3v) is 6.68. The lowest BCUT2D eigenvalue weighted by Crippen LogP contribution is -2.17. The number of aromatic nitrogens is 3. The van der Waals surface area contributed by atoms with E-state index in [0.29, 0.717) is 43.1 Å². The number of ketones is 1. The molecule has 5 nitrogen and oxygen atoms in total. The predicted molar refractivity (Wildman–Crippen MR) is 153 cm³/mol. The van der Waals surface area contributed by atoms with Crippen molar-refractivity contribution in [3.8, 4) is 22.8 Å². The summed E-state index contributed by atoms with van der Waals surface area (Å²) >= 11 is 5.55. The fourth-order valence-corrected chi connectivity index (χ4v) is 4.83. The first-order chi connectivity index (χ1) is 19.1. The average molecular weight is 566 g/mol.